The fourth-order valence-electron chi connectivity index (χ4n) is 2.76. The predicted molar refractivity (Wildman–Crippen MR) is 109 cm³/mol. The minimum atomic E-state index is -0.162. The van der Waals surface area contributed by atoms with Gasteiger partial charge in [-0.15, -0.1) is 11.3 Å². The lowest BCUT2D eigenvalue weighted by Crippen LogP contribution is -2.42. The van der Waals surface area contributed by atoms with Gasteiger partial charge < -0.3 is 15.5 Å². The van der Waals surface area contributed by atoms with Crippen molar-refractivity contribution in [3.05, 3.63) is 57.0 Å². The van der Waals surface area contributed by atoms with Gasteiger partial charge in [-0.05, 0) is 57.8 Å². The number of aliphatic imine (C=N–C) groups is 1. The van der Waals surface area contributed by atoms with Crippen molar-refractivity contribution in [2.75, 3.05) is 21.1 Å². The maximum absolute atomic E-state index is 13.9. The summed E-state index contributed by atoms with van der Waals surface area (Å²) in [5, 5.41) is 6.73. The van der Waals surface area contributed by atoms with Crippen LogP contribution in [0.5, 0.6) is 0 Å². The van der Waals surface area contributed by atoms with Gasteiger partial charge in [-0.3, -0.25) is 4.99 Å². The van der Waals surface area contributed by atoms with Crippen LogP contribution in [0, 0.1) is 12.7 Å². The normalized spacial score (nSPS) is 13.1. The second-order valence-corrected chi connectivity index (χ2v) is 8.22. The number of rotatable bonds is 7. The van der Waals surface area contributed by atoms with Crippen molar-refractivity contribution in [3.63, 3.8) is 0 Å². The van der Waals surface area contributed by atoms with Gasteiger partial charge in [0, 0.05) is 47.9 Å². The Morgan fingerprint density at radius 3 is 2.65 bits per heavy atom. The quantitative estimate of drug-likeness (QED) is 0.573. The van der Waals surface area contributed by atoms with E-state index in [0.717, 1.165) is 17.9 Å². The molecule has 0 saturated heterocycles. The number of thiophene rings is 1. The predicted octanol–water partition coefficient (Wildman–Crippen LogP) is 3.55. The van der Waals surface area contributed by atoms with E-state index in [1.807, 2.05) is 42.5 Å². The number of hydrogen-bond donors (Lipinski definition) is 2. The molecule has 0 spiro atoms. The van der Waals surface area contributed by atoms with Crippen LogP contribution in [0.4, 0.5) is 4.39 Å². The Balaban J connectivity index is 1.90. The first-order chi connectivity index (χ1) is 12.4. The zero-order valence-electron chi connectivity index (χ0n) is 16.3. The molecule has 142 valence electrons. The standard InChI is InChI=1S/C20H29FN4S/c1-14(10-18-8-6-15(2)26-18)24-20(22-3)23-12-16-7-9-19(21)17(11-16)13-25(4)5/h6-9,11,14H,10,12-13H2,1-5H3,(H2,22,23,24). The lowest BCUT2D eigenvalue weighted by molar-refractivity contribution is 0.392. The molecule has 1 aromatic heterocycles. The molecular formula is C20H29FN4S. The molecular weight excluding hydrogens is 347 g/mol. The van der Waals surface area contributed by atoms with Gasteiger partial charge in [0.15, 0.2) is 5.96 Å². The number of guanidine groups is 1. The van der Waals surface area contributed by atoms with Gasteiger partial charge >= 0.3 is 0 Å². The van der Waals surface area contributed by atoms with Gasteiger partial charge in [0.25, 0.3) is 0 Å². The highest BCUT2D eigenvalue weighted by Gasteiger charge is 2.09. The molecule has 0 radical (unpaired) electrons. The molecule has 0 aliphatic rings. The van der Waals surface area contributed by atoms with Crippen LogP contribution in [0.2, 0.25) is 0 Å². The van der Waals surface area contributed by atoms with Crippen molar-refractivity contribution in [1.29, 1.82) is 0 Å². The summed E-state index contributed by atoms with van der Waals surface area (Å²) in [5.74, 6) is 0.592. The van der Waals surface area contributed by atoms with Crippen LogP contribution < -0.4 is 10.6 Å². The molecule has 0 amide bonds. The highest BCUT2D eigenvalue weighted by atomic mass is 32.1. The van der Waals surface area contributed by atoms with Crippen LogP contribution in [-0.2, 0) is 19.5 Å². The van der Waals surface area contributed by atoms with Crippen LogP contribution in [0.25, 0.3) is 0 Å². The Labute approximate surface area is 160 Å². The lowest BCUT2D eigenvalue weighted by Gasteiger charge is -2.18. The Morgan fingerprint density at radius 1 is 1.27 bits per heavy atom. The average molecular weight is 377 g/mol. The summed E-state index contributed by atoms with van der Waals surface area (Å²) in [6.07, 6.45) is 0.961. The molecule has 2 aromatic rings. The van der Waals surface area contributed by atoms with Gasteiger partial charge in [-0.2, -0.15) is 0 Å². The highest BCUT2D eigenvalue weighted by molar-refractivity contribution is 7.11. The number of nitrogens with zero attached hydrogens (tertiary/aromatic N) is 2. The summed E-state index contributed by atoms with van der Waals surface area (Å²) < 4.78 is 13.9. The third kappa shape index (κ3) is 6.42. The number of aryl methyl sites for hydroxylation is 1. The Morgan fingerprint density at radius 2 is 2.04 bits per heavy atom. The van der Waals surface area contributed by atoms with Crippen molar-refractivity contribution in [2.45, 2.75) is 39.4 Å². The Kier molecular flexibility index (Phi) is 7.60. The second-order valence-electron chi connectivity index (χ2n) is 6.85. The van der Waals surface area contributed by atoms with Gasteiger partial charge in [-0.25, -0.2) is 4.39 Å². The van der Waals surface area contributed by atoms with E-state index in [2.05, 4.69) is 41.6 Å². The van der Waals surface area contributed by atoms with Crippen molar-refractivity contribution >= 4 is 17.3 Å². The van der Waals surface area contributed by atoms with Crippen LogP contribution in [-0.4, -0.2) is 38.0 Å². The highest BCUT2D eigenvalue weighted by Crippen LogP contribution is 2.16. The van der Waals surface area contributed by atoms with Crippen LogP contribution in [0.3, 0.4) is 0 Å². The molecule has 26 heavy (non-hydrogen) atoms. The largest absolute Gasteiger partial charge is 0.354 e. The van der Waals surface area contributed by atoms with Gasteiger partial charge in [0.2, 0.25) is 0 Å². The summed E-state index contributed by atoms with van der Waals surface area (Å²) in [6.45, 7) is 5.46. The maximum atomic E-state index is 13.9. The molecule has 2 rings (SSSR count). The first-order valence-corrected chi connectivity index (χ1v) is 9.63. The van der Waals surface area contributed by atoms with Crippen LogP contribution in [0.15, 0.2) is 35.3 Å². The molecule has 0 saturated carbocycles. The molecule has 1 heterocycles. The molecule has 4 nitrogen and oxygen atoms in total. The van der Waals surface area contributed by atoms with Gasteiger partial charge in [0.05, 0.1) is 0 Å². The van der Waals surface area contributed by atoms with E-state index in [-0.39, 0.29) is 11.9 Å². The van der Waals surface area contributed by atoms with Crippen molar-refractivity contribution in [3.8, 4) is 0 Å². The van der Waals surface area contributed by atoms with E-state index in [1.165, 1.54) is 15.8 Å². The maximum Gasteiger partial charge on any atom is 0.191 e. The summed E-state index contributed by atoms with van der Waals surface area (Å²) >= 11 is 1.83. The molecule has 0 aliphatic carbocycles. The minimum absolute atomic E-state index is 0.162. The van der Waals surface area contributed by atoms with E-state index in [1.54, 1.807) is 7.05 Å². The first kappa shape index (κ1) is 20.4. The lowest BCUT2D eigenvalue weighted by atomic mass is 10.1. The van der Waals surface area contributed by atoms with E-state index in [9.17, 15) is 4.39 Å². The zero-order chi connectivity index (χ0) is 19.1. The van der Waals surface area contributed by atoms with E-state index >= 15 is 0 Å². The van der Waals surface area contributed by atoms with Crippen LogP contribution >= 0.6 is 11.3 Å². The topological polar surface area (TPSA) is 39.7 Å². The van der Waals surface area contributed by atoms with Crippen LogP contribution in [0.1, 0.15) is 27.8 Å². The fraction of sp³-hybridized carbons (Fsp3) is 0.450. The smallest absolute Gasteiger partial charge is 0.191 e. The molecule has 1 aromatic carbocycles. The SMILES string of the molecule is CN=C(NCc1ccc(F)c(CN(C)C)c1)NC(C)Cc1ccc(C)s1. The number of halogens is 1. The minimum Gasteiger partial charge on any atom is -0.354 e. The number of hydrogen-bond acceptors (Lipinski definition) is 3. The van der Waals surface area contributed by atoms with Crippen molar-refractivity contribution < 1.29 is 4.39 Å². The summed E-state index contributed by atoms with van der Waals surface area (Å²) in [5.41, 5.74) is 1.74. The molecule has 0 fully saturated rings. The monoisotopic (exact) mass is 376 g/mol. The van der Waals surface area contributed by atoms with E-state index in [0.29, 0.717) is 18.7 Å². The molecule has 0 aliphatic heterocycles. The fourth-order valence-corrected chi connectivity index (χ4v) is 3.78. The van der Waals surface area contributed by atoms with Gasteiger partial charge in [-0.1, -0.05) is 6.07 Å². The second kappa shape index (κ2) is 9.69. The third-order valence-corrected chi connectivity index (χ3v) is 4.99. The zero-order valence-corrected chi connectivity index (χ0v) is 17.1. The summed E-state index contributed by atoms with van der Waals surface area (Å²) in [7, 11) is 5.64. The number of nitrogens with one attached hydrogen (secondary N) is 2. The summed E-state index contributed by atoms with van der Waals surface area (Å²) in [6, 6.07) is 9.86. The number of benzene rings is 1. The Hall–Kier alpha value is -1.92. The van der Waals surface area contributed by atoms with E-state index in [4.69, 9.17) is 0 Å². The molecule has 2 N–H and O–H groups in total. The van der Waals surface area contributed by atoms with Crippen molar-refractivity contribution in [2.24, 2.45) is 4.99 Å². The Bertz CT molecular complexity index is 739. The van der Waals surface area contributed by atoms with Crippen molar-refractivity contribution in [1.82, 2.24) is 15.5 Å². The van der Waals surface area contributed by atoms with Gasteiger partial charge in [0.1, 0.15) is 5.82 Å². The molecule has 1 atom stereocenters. The summed E-state index contributed by atoms with van der Waals surface area (Å²) in [4.78, 5) is 8.95. The third-order valence-electron chi connectivity index (χ3n) is 3.97. The molecule has 0 bridgehead atoms. The van der Waals surface area contributed by atoms with E-state index < -0.39 is 0 Å². The first-order valence-electron chi connectivity index (χ1n) is 8.82. The molecule has 1 unspecified atom stereocenters. The molecule has 6 heteroatoms. The average Bonchev–Trinajstić information content (AvgIpc) is 2.98.